The van der Waals surface area contributed by atoms with Crippen LogP contribution >= 0.6 is 0 Å². The summed E-state index contributed by atoms with van der Waals surface area (Å²) < 4.78 is 22.1. The Balaban J connectivity index is 1.08. The third kappa shape index (κ3) is 4.29. The van der Waals surface area contributed by atoms with Crippen LogP contribution in [0.5, 0.6) is 0 Å². The highest BCUT2D eigenvalue weighted by Gasteiger charge is 2.58. The zero-order valence-electron chi connectivity index (χ0n) is 18.9. The molecule has 1 aliphatic carbocycles. The molecule has 1 spiro atoms. The van der Waals surface area contributed by atoms with Crippen molar-refractivity contribution in [3.8, 4) is 0 Å². The Kier molecular flexibility index (Phi) is 5.86. The van der Waals surface area contributed by atoms with Crippen molar-refractivity contribution in [3.63, 3.8) is 0 Å². The molecule has 2 aliphatic heterocycles. The second-order valence-corrected chi connectivity index (χ2v) is 10.0. The summed E-state index contributed by atoms with van der Waals surface area (Å²) in [4.78, 5) is 2.59. The van der Waals surface area contributed by atoms with Gasteiger partial charge in [-0.25, -0.2) is 4.39 Å². The first-order valence-electron chi connectivity index (χ1n) is 12.0. The summed E-state index contributed by atoms with van der Waals surface area (Å²) >= 11 is 0. The number of aryl methyl sites for hydroxylation is 2. The number of unbranched alkanes of at least 4 members (excludes halogenated alkanes) is 1. The quantitative estimate of drug-likeness (QED) is 0.617. The topological polar surface area (TPSA) is 43.2 Å². The van der Waals surface area contributed by atoms with Crippen LogP contribution in [0.15, 0.2) is 18.2 Å². The van der Waals surface area contributed by atoms with Crippen LogP contribution in [0, 0.1) is 18.2 Å². The van der Waals surface area contributed by atoms with Gasteiger partial charge in [0.1, 0.15) is 17.5 Å². The molecule has 1 saturated carbocycles. The van der Waals surface area contributed by atoms with Gasteiger partial charge < -0.3 is 14.2 Å². The maximum Gasteiger partial charge on any atom is 0.136 e. The average molecular weight is 427 g/mol. The first kappa shape index (κ1) is 21.1. The van der Waals surface area contributed by atoms with Crippen LogP contribution in [0.4, 0.5) is 4.39 Å². The van der Waals surface area contributed by atoms with E-state index in [9.17, 15) is 4.39 Å². The summed E-state index contributed by atoms with van der Waals surface area (Å²) in [6.45, 7) is 7.04. The molecule has 0 amide bonds. The fraction of sp³-hybridized carbons (Fsp3) is 0.680. The molecule has 5 rings (SSSR count). The summed E-state index contributed by atoms with van der Waals surface area (Å²) in [5.74, 6) is 3.13. The van der Waals surface area contributed by atoms with Gasteiger partial charge in [-0.3, -0.25) is 0 Å². The van der Waals surface area contributed by atoms with E-state index in [1.807, 2.05) is 13.0 Å². The van der Waals surface area contributed by atoms with E-state index in [4.69, 9.17) is 4.74 Å². The fourth-order valence-corrected chi connectivity index (χ4v) is 5.85. The van der Waals surface area contributed by atoms with Crippen LogP contribution in [-0.2, 0) is 18.2 Å². The fourth-order valence-electron chi connectivity index (χ4n) is 5.85. The third-order valence-corrected chi connectivity index (χ3v) is 7.90. The molecule has 0 radical (unpaired) electrons. The molecular formula is C25H35FN4O. The van der Waals surface area contributed by atoms with E-state index in [0.717, 1.165) is 87.7 Å². The third-order valence-electron chi connectivity index (χ3n) is 7.90. The van der Waals surface area contributed by atoms with Crippen molar-refractivity contribution in [1.29, 1.82) is 0 Å². The summed E-state index contributed by atoms with van der Waals surface area (Å²) in [7, 11) is 2.11. The predicted molar refractivity (Wildman–Crippen MR) is 119 cm³/mol. The Morgan fingerprint density at radius 1 is 1.19 bits per heavy atom. The average Bonchev–Trinajstić information content (AvgIpc) is 3.10. The van der Waals surface area contributed by atoms with Crippen molar-refractivity contribution in [2.75, 3.05) is 32.8 Å². The summed E-state index contributed by atoms with van der Waals surface area (Å²) in [6.07, 6.45) is 7.77. The highest BCUT2D eigenvalue weighted by atomic mass is 19.1. The van der Waals surface area contributed by atoms with Gasteiger partial charge in [-0.1, -0.05) is 12.1 Å². The maximum absolute atomic E-state index is 14.4. The molecule has 2 saturated heterocycles. The largest absolute Gasteiger partial charge is 0.381 e. The number of halogens is 1. The number of hydrogen-bond donors (Lipinski definition) is 0. The van der Waals surface area contributed by atoms with E-state index in [0.29, 0.717) is 17.3 Å². The Labute approximate surface area is 185 Å². The first-order valence-corrected chi connectivity index (χ1v) is 12.0. The lowest BCUT2D eigenvalue weighted by Crippen LogP contribution is -2.23. The Morgan fingerprint density at radius 2 is 2.03 bits per heavy atom. The van der Waals surface area contributed by atoms with E-state index in [1.54, 1.807) is 6.07 Å². The molecule has 0 bridgehead atoms. The van der Waals surface area contributed by atoms with Crippen LogP contribution in [-0.4, -0.2) is 52.5 Å². The predicted octanol–water partition coefficient (Wildman–Crippen LogP) is 4.36. The highest BCUT2D eigenvalue weighted by molar-refractivity contribution is 5.34. The highest BCUT2D eigenvalue weighted by Crippen LogP contribution is 2.64. The van der Waals surface area contributed by atoms with Gasteiger partial charge in [0.15, 0.2) is 0 Å². The number of likely N-dealkylation sites (tertiary alicyclic amines) is 1. The number of rotatable bonds is 7. The molecule has 1 aromatic carbocycles. The number of nitrogens with zero attached hydrogens (tertiary/aromatic N) is 4. The molecule has 31 heavy (non-hydrogen) atoms. The van der Waals surface area contributed by atoms with Gasteiger partial charge in [0.2, 0.25) is 0 Å². The lowest BCUT2D eigenvalue weighted by molar-refractivity contribution is 0.0829. The summed E-state index contributed by atoms with van der Waals surface area (Å²) in [5.41, 5.74) is 2.28. The van der Waals surface area contributed by atoms with Crippen LogP contribution in [0.1, 0.15) is 73.1 Å². The second-order valence-electron chi connectivity index (χ2n) is 10.0. The molecule has 168 valence electrons. The van der Waals surface area contributed by atoms with E-state index >= 15 is 0 Å². The zero-order valence-corrected chi connectivity index (χ0v) is 18.9. The molecule has 3 fully saturated rings. The minimum Gasteiger partial charge on any atom is -0.381 e. The van der Waals surface area contributed by atoms with Crippen molar-refractivity contribution in [2.45, 2.75) is 63.7 Å². The van der Waals surface area contributed by atoms with Gasteiger partial charge in [-0.05, 0) is 87.1 Å². The van der Waals surface area contributed by atoms with Crippen molar-refractivity contribution in [2.24, 2.45) is 12.5 Å². The number of aromatic nitrogens is 3. The number of ether oxygens (including phenoxy) is 1. The molecule has 5 nitrogen and oxygen atoms in total. The minimum atomic E-state index is -0.0101. The molecular weight excluding hydrogens is 391 g/mol. The van der Waals surface area contributed by atoms with Gasteiger partial charge in [-0.15, -0.1) is 10.2 Å². The molecule has 3 aliphatic rings. The molecule has 1 aromatic heterocycles. The Bertz CT molecular complexity index is 922. The zero-order chi connectivity index (χ0) is 21.4. The standard InChI is InChI=1S/C25H35FN4O/c1-18-6-7-20(22(26)15-18)21-16-25(21)10-12-30(17-25)11-4-3-5-23-27-28-24(29(23)2)19-8-13-31-14-9-19/h6-7,15,19,21H,3-5,8-14,16-17H2,1-2H3/t21-,25+/m1/s1. The van der Waals surface area contributed by atoms with Crippen LogP contribution in [0.25, 0.3) is 0 Å². The van der Waals surface area contributed by atoms with E-state index in [1.165, 1.54) is 12.8 Å². The van der Waals surface area contributed by atoms with Crippen LogP contribution in [0.3, 0.4) is 0 Å². The van der Waals surface area contributed by atoms with Crippen molar-refractivity contribution >= 4 is 0 Å². The Hall–Kier alpha value is -1.79. The van der Waals surface area contributed by atoms with E-state index in [-0.39, 0.29) is 5.82 Å². The molecule has 0 unspecified atom stereocenters. The van der Waals surface area contributed by atoms with Gasteiger partial charge >= 0.3 is 0 Å². The molecule has 2 atom stereocenters. The van der Waals surface area contributed by atoms with Gasteiger partial charge in [-0.2, -0.15) is 0 Å². The van der Waals surface area contributed by atoms with E-state index < -0.39 is 0 Å². The molecule has 3 heterocycles. The number of hydrogen-bond acceptors (Lipinski definition) is 4. The van der Waals surface area contributed by atoms with E-state index in [2.05, 4.69) is 32.8 Å². The Morgan fingerprint density at radius 3 is 2.84 bits per heavy atom. The maximum atomic E-state index is 14.4. The molecule has 0 N–H and O–H groups in total. The van der Waals surface area contributed by atoms with Gasteiger partial charge in [0, 0.05) is 39.1 Å². The van der Waals surface area contributed by atoms with Crippen molar-refractivity contribution < 1.29 is 9.13 Å². The smallest absolute Gasteiger partial charge is 0.136 e. The SMILES string of the molecule is Cc1ccc([C@H]2C[C@]23CCN(CCCCc2nnc(C4CCOCC4)n2C)C3)c(F)c1. The van der Waals surface area contributed by atoms with Crippen molar-refractivity contribution in [3.05, 3.63) is 46.8 Å². The van der Waals surface area contributed by atoms with Crippen LogP contribution in [0.2, 0.25) is 0 Å². The molecule has 6 heteroatoms. The summed E-state index contributed by atoms with van der Waals surface area (Å²) in [5, 5.41) is 8.96. The normalized spacial score (nSPS) is 26.7. The second kappa shape index (κ2) is 8.62. The molecule has 2 aromatic rings. The first-order chi connectivity index (χ1) is 15.1. The van der Waals surface area contributed by atoms with Gasteiger partial charge in [0.05, 0.1) is 0 Å². The van der Waals surface area contributed by atoms with Gasteiger partial charge in [0.25, 0.3) is 0 Å². The minimum absolute atomic E-state index is 0.0101. The van der Waals surface area contributed by atoms with Crippen molar-refractivity contribution in [1.82, 2.24) is 19.7 Å². The monoisotopic (exact) mass is 426 g/mol. The van der Waals surface area contributed by atoms with Crippen LogP contribution < -0.4 is 0 Å². The lowest BCUT2D eigenvalue weighted by atomic mass is 9.97. The lowest BCUT2D eigenvalue weighted by Gasteiger charge is -2.21. The number of benzene rings is 1. The summed E-state index contributed by atoms with van der Waals surface area (Å²) in [6, 6.07) is 5.76.